The fourth-order valence-electron chi connectivity index (χ4n) is 3.07. The molecule has 0 spiro atoms. The third kappa shape index (κ3) is 4.53. The van der Waals surface area contributed by atoms with Crippen molar-refractivity contribution in [1.29, 1.82) is 0 Å². The summed E-state index contributed by atoms with van der Waals surface area (Å²) in [6, 6.07) is 7.73. The summed E-state index contributed by atoms with van der Waals surface area (Å²) in [5, 5.41) is 9.76. The number of carbonyl (C=O) groups is 1. The molecular weight excluding hydrogens is 376 g/mol. The summed E-state index contributed by atoms with van der Waals surface area (Å²) in [6.07, 6.45) is 3.77. The van der Waals surface area contributed by atoms with Gasteiger partial charge in [0.25, 0.3) is 0 Å². The van der Waals surface area contributed by atoms with Gasteiger partial charge in [-0.1, -0.05) is 23.7 Å². The Labute approximate surface area is 157 Å². The number of nitrogens with zero attached hydrogens (tertiary/aromatic N) is 2. The molecule has 8 heteroatoms. The van der Waals surface area contributed by atoms with E-state index >= 15 is 0 Å². The lowest BCUT2D eigenvalue weighted by molar-refractivity contribution is -0.133. The van der Waals surface area contributed by atoms with Gasteiger partial charge in [-0.25, -0.2) is 8.42 Å². The summed E-state index contributed by atoms with van der Waals surface area (Å²) in [6.45, 7) is 0.294. The molecule has 0 bridgehead atoms. The Hall–Kier alpha value is -2.12. The summed E-state index contributed by atoms with van der Waals surface area (Å²) in [4.78, 5) is 18.6. The normalized spacial score (nSPS) is 18.6. The molecule has 1 unspecified atom stereocenters. The maximum atomic E-state index is 12.9. The number of carbonyl (C=O) groups excluding carboxylic acids is 1. The van der Waals surface area contributed by atoms with E-state index in [2.05, 4.69) is 4.98 Å². The van der Waals surface area contributed by atoms with Crippen molar-refractivity contribution in [3.63, 3.8) is 0 Å². The zero-order valence-corrected chi connectivity index (χ0v) is 15.6. The summed E-state index contributed by atoms with van der Waals surface area (Å²) < 4.78 is 23.7. The molecule has 6 nitrogen and oxygen atoms in total. The van der Waals surface area contributed by atoms with Crippen LogP contribution in [0.3, 0.4) is 0 Å². The number of pyridine rings is 1. The lowest BCUT2D eigenvalue weighted by Gasteiger charge is -2.28. The van der Waals surface area contributed by atoms with Crippen LogP contribution in [0.25, 0.3) is 0 Å². The highest BCUT2D eigenvalue weighted by molar-refractivity contribution is 7.91. The molecule has 0 aliphatic carbocycles. The first kappa shape index (κ1) is 18.7. The molecule has 138 valence electrons. The molecule has 0 saturated carbocycles. The number of halogens is 1. The smallest absolute Gasteiger partial charge is 0.227 e. The number of amides is 1. The van der Waals surface area contributed by atoms with Gasteiger partial charge >= 0.3 is 0 Å². The van der Waals surface area contributed by atoms with Crippen molar-refractivity contribution in [3.8, 4) is 5.75 Å². The highest BCUT2D eigenvalue weighted by Gasteiger charge is 2.34. The fourth-order valence-corrected chi connectivity index (χ4v) is 5.05. The molecule has 1 aliphatic rings. The van der Waals surface area contributed by atoms with Crippen LogP contribution < -0.4 is 0 Å². The molecule has 1 atom stereocenters. The molecule has 1 amide bonds. The van der Waals surface area contributed by atoms with Gasteiger partial charge in [0.1, 0.15) is 5.75 Å². The molecule has 1 saturated heterocycles. The number of aromatic hydroxyl groups is 1. The van der Waals surface area contributed by atoms with E-state index in [9.17, 15) is 18.3 Å². The molecule has 3 rings (SSSR count). The second-order valence-electron chi connectivity index (χ2n) is 6.39. The average molecular weight is 395 g/mol. The maximum Gasteiger partial charge on any atom is 0.227 e. The summed E-state index contributed by atoms with van der Waals surface area (Å²) >= 11 is 6.11. The molecule has 2 heterocycles. The number of hydrogen-bond acceptors (Lipinski definition) is 5. The first-order valence-corrected chi connectivity index (χ1v) is 10.4. The lowest BCUT2D eigenvalue weighted by atomic mass is 10.1. The van der Waals surface area contributed by atoms with Crippen LogP contribution in [-0.2, 0) is 27.6 Å². The first-order chi connectivity index (χ1) is 12.3. The maximum absolute atomic E-state index is 12.9. The van der Waals surface area contributed by atoms with Crippen molar-refractivity contribution in [3.05, 3.63) is 58.9 Å². The number of rotatable bonds is 5. The van der Waals surface area contributed by atoms with E-state index in [0.29, 0.717) is 23.6 Å². The molecule has 1 aromatic heterocycles. The number of phenols is 1. The van der Waals surface area contributed by atoms with E-state index in [-0.39, 0.29) is 35.6 Å². The van der Waals surface area contributed by atoms with Crippen molar-refractivity contribution >= 4 is 27.3 Å². The van der Waals surface area contributed by atoms with Crippen LogP contribution in [0.1, 0.15) is 17.5 Å². The molecule has 1 N–H and O–H groups in total. The standard InChI is InChI=1S/C18H19ClN2O4S/c19-17-9-16(22)4-3-14(17)8-18(23)21(11-13-2-1-6-20-10-13)15-5-7-26(24,25)12-15/h1-4,6,9-10,15,22H,5,7-8,11-12H2. The highest BCUT2D eigenvalue weighted by Crippen LogP contribution is 2.25. The van der Waals surface area contributed by atoms with E-state index in [4.69, 9.17) is 11.6 Å². The predicted molar refractivity (Wildman–Crippen MR) is 98.7 cm³/mol. The minimum atomic E-state index is -3.12. The van der Waals surface area contributed by atoms with Crippen molar-refractivity contribution in [2.75, 3.05) is 11.5 Å². The molecule has 26 heavy (non-hydrogen) atoms. The third-order valence-electron chi connectivity index (χ3n) is 4.42. The van der Waals surface area contributed by atoms with Gasteiger partial charge in [0.05, 0.1) is 17.9 Å². The molecule has 1 aliphatic heterocycles. The Morgan fingerprint density at radius 2 is 2.15 bits per heavy atom. The fraction of sp³-hybridized carbons (Fsp3) is 0.333. The van der Waals surface area contributed by atoms with Crippen molar-refractivity contribution in [1.82, 2.24) is 9.88 Å². The van der Waals surface area contributed by atoms with Crippen LogP contribution in [0.4, 0.5) is 0 Å². The van der Waals surface area contributed by atoms with E-state index in [1.165, 1.54) is 12.1 Å². The Bertz CT molecular complexity index is 903. The predicted octanol–water partition coefficient (Wildman–Crippen LogP) is 2.20. The van der Waals surface area contributed by atoms with Crippen LogP contribution in [0.5, 0.6) is 5.75 Å². The molecule has 1 fully saturated rings. The Morgan fingerprint density at radius 3 is 2.77 bits per heavy atom. The van der Waals surface area contributed by atoms with Crippen LogP contribution >= 0.6 is 11.6 Å². The Morgan fingerprint density at radius 1 is 1.35 bits per heavy atom. The van der Waals surface area contributed by atoms with Gasteiger partial charge in [-0.05, 0) is 35.7 Å². The molecule has 1 aromatic carbocycles. The summed E-state index contributed by atoms with van der Waals surface area (Å²) in [5.41, 5.74) is 1.42. The van der Waals surface area contributed by atoms with Gasteiger partial charge in [0.15, 0.2) is 9.84 Å². The van der Waals surface area contributed by atoms with Crippen LogP contribution in [0.2, 0.25) is 5.02 Å². The van der Waals surface area contributed by atoms with Gasteiger partial charge in [0.2, 0.25) is 5.91 Å². The average Bonchev–Trinajstić information content (AvgIpc) is 2.95. The lowest BCUT2D eigenvalue weighted by Crippen LogP contribution is -2.41. The minimum Gasteiger partial charge on any atom is -0.508 e. The molecule has 2 aromatic rings. The van der Waals surface area contributed by atoms with Crippen LogP contribution in [0, 0.1) is 0 Å². The Kier molecular flexibility index (Phi) is 5.48. The van der Waals surface area contributed by atoms with Crippen molar-refractivity contribution < 1.29 is 18.3 Å². The Balaban J connectivity index is 1.83. The third-order valence-corrected chi connectivity index (χ3v) is 6.53. The van der Waals surface area contributed by atoms with Crippen molar-refractivity contribution in [2.24, 2.45) is 0 Å². The van der Waals surface area contributed by atoms with Gasteiger partial charge < -0.3 is 10.0 Å². The number of benzene rings is 1. The zero-order valence-electron chi connectivity index (χ0n) is 14.0. The van der Waals surface area contributed by atoms with E-state index < -0.39 is 9.84 Å². The van der Waals surface area contributed by atoms with Gasteiger partial charge in [-0.2, -0.15) is 0 Å². The van der Waals surface area contributed by atoms with Gasteiger partial charge in [-0.3, -0.25) is 9.78 Å². The van der Waals surface area contributed by atoms with E-state index in [1.807, 2.05) is 6.07 Å². The quantitative estimate of drug-likeness (QED) is 0.839. The largest absolute Gasteiger partial charge is 0.508 e. The van der Waals surface area contributed by atoms with Crippen LogP contribution in [0.15, 0.2) is 42.7 Å². The number of sulfone groups is 1. The van der Waals surface area contributed by atoms with E-state index in [1.54, 1.807) is 29.4 Å². The van der Waals surface area contributed by atoms with Crippen molar-refractivity contribution in [2.45, 2.75) is 25.4 Å². The second kappa shape index (κ2) is 7.63. The van der Waals surface area contributed by atoms with E-state index in [0.717, 1.165) is 5.56 Å². The number of aromatic nitrogens is 1. The monoisotopic (exact) mass is 394 g/mol. The minimum absolute atomic E-state index is 0.0255. The van der Waals surface area contributed by atoms with Crippen LogP contribution in [-0.4, -0.2) is 46.9 Å². The first-order valence-electron chi connectivity index (χ1n) is 8.20. The highest BCUT2D eigenvalue weighted by atomic mass is 35.5. The SMILES string of the molecule is O=C(Cc1ccc(O)cc1Cl)N(Cc1cccnc1)C1CCS(=O)(=O)C1. The summed E-state index contributed by atoms with van der Waals surface area (Å²) in [5.74, 6) is -0.111. The molecule has 0 radical (unpaired) electrons. The summed E-state index contributed by atoms with van der Waals surface area (Å²) in [7, 11) is -3.12. The zero-order chi connectivity index (χ0) is 18.7. The number of hydrogen-bond donors (Lipinski definition) is 1. The second-order valence-corrected chi connectivity index (χ2v) is 9.03. The molecular formula is C18H19ClN2O4S. The van der Waals surface area contributed by atoms with Gasteiger partial charge in [-0.15, -0.1) is 0 Å². The van der Waals surface area contributed by atoms with Gasteiger partial charge in [0, 0.05) is 30.0 Å². The number of phenolic OH excluding ortho intramolecular Hbond substituents is 1. The topological polar surface area (TPSA) is 87.6 Å².